The van der Waals surface area contributed by atoms with Gasteiger partial charge in [-0.1, -0.05) is 17.7 Å². The molecule has 2 aromatic rings. The number of hydrogen-bond acceptors (Lipinski definition) is 5. The summed E-state index contributed by atoms with van der Waals surface area (Å²) in [5, 5.41) is 2.92. The molecule has 0 saturated carbocycles. The third kappa shape index (κ3) is 2.65. The highest BCUT2D eigenvalue weighted by atomic mass is 16.5. The van der Waals surface area contributed by atoms with Gasteiger partial charge in [0, 0.05) is 12.6 Å². The number of hydrogen-bond donors (Lipinski definition) is 1. The van der Waals surface area contributed by atoms with Crippen LogP contribution in [-0.2, 0) is 0 Å². The lowest BCUT2D eigenvalue weighted by Crippen LogP contribution is -2.04. The molecule has 0 unspecified atom stereocenters. The van der Waals surface area contributed by atoms with Gasteiger partial charge in [-0.15, -0.1) is 0 Å². The molecule has 1 aromatic carbocycles. The van der Waals surface area contributed by atoms with Crippen LogP contribution in [0.1, 0.15) is 16.7 Å². The summed E-state index contributed by atoms with van der Waals surface area (Å²) in [5.41, 5.74) is 4.55. The Morgan fingerprint density at radius 3 is 2.16 bits per heavy atom. The molecule has 1 aromatic heterocycles. The van der Waals surface area contributed by atoms with Gasteiger partial charge in [0.05, 0.1) is 7.11 Å². The standard InChI is InChI=1S/C14H18N4O/c1-8-6-9(2)11(10(3)7-8)12-16-13(15-4)18-14(17-12)19-5/h6-7H,1-5H3,(H,15,16,17,18). The van der Waals surface area contributed by atoms with Crippen molar-refractivity contribution in [3.8, 4) is 17.4 Å². The number of rotatable bonds is 3. The average molecular weight is 258 g/mol. The van der Waals surface area contributed by atoms with Crippen LogP contribution in [0.15, 0.2) is 12.1 Å². The second kappa shape index (κ2) is 5.22. The van der Waals surface area contributed by atoms with Crippen LogP contribution in [0.4, 0.5) is 5.95 Å². The molecule has 0 fully saturated rings. The van der Waals surface area contributed by atoms with E-state index in [1.54, 1.807) is 14.2 Å². The molecule has 0 atom stereocenters. The van der Waals surface area contributed by atoms with E-state index in [9.17, 15) is 0 Å². The predicted octanol–water partition coefficient (Wildman–Crippen LogP) is 2.51. The van der Waals surface area contributed by atoms with Gasteiger partial charge < -0.3 is 10.1 Å². The SMILES string of the molecule is CNc1nc(OC)nc(-c2c(C)cc(C)cc2C)n1. The third-order valence-electron chi connectivity index (χ3n) is 2.92. The first-order chi connectivity index (χ1) is 9.05. The summed E-state index contributed by atoms with van der Waals surface area (Å²) < 4.78 is 5.12. The molecule has 19 heavy (non-hydrogen) atoms. The van der Waals surface area contributed by atoms with Crippen molar-refractivity contribution in [1.82, 2.24) is 15.0 Å². The van der Waals surface area contributed by atoms with Crippen molar-refractivity contribution in [2.24, 2.45) is 0 Å². The molecule has 1 heterocycles. The molecule has 0 aliphatic rings. The number of nitrogens with zero attached hydrogens (tertiary/aromatic N) is 3. The third-order valence-corrected chi connectivity index (χ3v) is 2.92. The van der Waals surface area contributed by atoms with Crippen molar-refractivity contribution in [3.63, 3.8) is 0 Å². The summed E-state index contributed by atoms with van der Waals surface area (Å²) >= 11 is 0. The fraction of sp³-hybridized carbons (Fsp3) is 0.357. The normalized spacial score (nSPS) is 10.4. The van der Waals surface area contributed by atoms with E-state index in [0.717, 1.165) is 16.7 Å². The topological polar surface area (TPSA) is 59.9 Å². The maximum absolute atomic E-state index is 5.12. The van der Waals surface area contributed by atoms with Gasteiger partial charge in [0.2, 0.25) is 5.95 Å². The lowest BCUT2D eigenvalue weighted by Gasteiger charge is -2.11. The van der Waals surface area contributed by atoms with Crippen LogP contribution in [0.2, 0.25) is 0 Å². The highest BCUT2D eigenvalue weighted by Gasteiger charge is 2.13. The van der Waals surface area contributed by atoms with E-state index in [1.807, 2.05) is 0 Å². The number of ether oxygens (including phenoxy) is 1. The number of methoxy groups -OCH3 is 1. The number of benzene rings is 1. The van der Waals surface area contributed by atoms with E-state index in [1.165, 1.54) is 5.56 Å². The molecule has 5 nitrogen and oxygen atoms in total. The van der Waals surface area contributed by atoms with Crippen molar-refractivity contribution in [2.75, 3.05) is 19.5 Å². The first kappa shape index (κ1) is 13.3. The monoisotopic (exact) mass is 258 g/mol. The van der Waals surface area contributed by atoms with Crippen LogP contribution in [0.25, 0.3) is 11.4 Å². The van der Waals surface area contributed by atoms with Gasteiger partial charge in [0.1, 0.15) is 0 Å². The minimum atomic E-state index is 0.314. The number of aryl methyl sites for hydroxylation is 3. The van der Waals surface area contributed by atoms with Gasteiger partial charge in [-0.3, -0.25) is 0 Å². The Hall–Kier alpha value is -2.17. The molecule has 2 rings (SSSR count). The predicted molar refractivity (Wildman–Crippen MR) is 75.6 cm³/mol. The van der Waals surface area contributed by atoms with Gasteiger partial charge in [-0.2, -0.15) is 15.0 Å². The summed E-state index contributed by atoms with van der Waals surface area (Å²) in [6, 6.07) is 4.56. The summed E-state index contributed by atoms with van der Waals surface area (Å²) in [4.78, 5) is 12.9. The zero-order valence-corrected chi connectivity index (χ0v) is 11.9. The maximum Gasteiger partial charge on any atom is 0.321 e. The summed E-state index contributed by atoms with van der Waals surface area (Å²) in [5.74, 6) is 1.13. The maximum atomic E-state index is 5.12. The molecular weight excluding hydrogens is 240 g/mol. The van der Waals surface area contributed by atoms with E-state index in [2.05, 4.69) is 53.2 Å². The Morgan fingerprint density at radius 2 is 1.63 bits per heavy atom. The molecule has 5 heteroatoms. The molecule has 0 aliphatic heterocycles. The molecule has 0 saturated heterocycles. The summed E-state index contributed by atoms with van der Waals surface area (Å²) in [6.07, 6.45) is 0. The molecule has 100 valence electrons. The Balaban J connectivity index is 2.64. The molecule has 0 bridgehead atoms. The van der Waals surface area contributed by atoms with E-state index in [-0.39, 0.29) is 0 Å². The smallest absolute Gasteiger partial charge is 0.321 e. The second-order valence-corrected chi connectivity index (χ2v) is 4.49. The largest absolute Gasteiger partial charge is 0.467 e. The van der Waals surface area contributed by atoms with E-state index >= 15 is 0 Å². The van der Waals surface area contributed by atoms with Crippen LogP contribution in [0, 0.1) is 20.8 Å². The van der Waals surface area contributed by atoms with Crippen molar-refractivity contribution in [1.29, 1.82) is 0 Å². The molecular formula is C14H18N4O. The second-order valence-electron chi connectivity index (χ2n) is 4.49. The Labute approximate surface area is 113 Å². The molecule has 0 spiro atoms. The van der Waals surface area contributed by atoms with Gasteiger partial charge >= 0.3 is 6.01 Å². The van der Waals surface area contributed by atoms with E-state index in [0.29, 0.717) is 17.8 Å². The fourth-order valence-corrected chi connectivity index (χ4v) is 2.20. The van der Waals surface area contributed by atoms with Crippen LogP contribution in [-0.4, -0.2) is 29.1 Å². The molecule has 0 radical (unpaired) electrons. The van der Waals surface area contributed by atoms with Crippen molar-refractivity contribution in [2.45, 2.75) is 20.8 Å². The highest BCUT2D eigenvalue weighted by molar-refractivity contribution is 5.66. The molecule has 0 aliphatic carbocycles. The van der Waals surface area contributed by atoms with Gasteiger partial charge in [0.25, 0.3) is 0 Å². The highest BCUT2D eigenvalue weighted by Crippen LogP contribution is 2.27. The van der Waals surface area contributed by atoms with Crippen LogP contribution in [0.3, 0.4) is 0 Å². The number of nitrogens with one attached hydrogen (secondary N) is 1. The minimum Gasteiger partial charge on any atom is -0.467 e. The summed E-state index contributed by atoms with van der Waals surface area (Å²) in [6.45, 7) is 6.20. The van der Waals surface area contributed by atoms with Crippen LogP contribution >= 0.6 is 0 Å². The molecule has 1 N–H and O–H groups in total. The Bertz CT molecular complexity index is 565. The average Bonchev–Trinajstić information content (AvgIpc) is 2.37. The van der Waals surface area contributed by atoms with Crippen molar-refractivity contribution >= 4 is 5.95 Å². The van der Waals surface area contributed by atoms with Crippen molar-refractivity contribution in [3.05, 3.63) is 28.8 Å². The first-order valence-electron chi connectivity index (χ1n) is 6.11. The van der Waals surface area contributed by atoms with Gasteiger partial charge in [-0.25, -0.2) is 0 Å². The lowest BCUT2D eigenvalue weighted by molar-refractivity contribution is 0.379. The van der Waals surface area contributed by atoms with E-state index in [4.69, 9.17) is 4.74 Å². The number of anilines is 1. The first-order valence-corrected chi connectivity index (χ1v) is 6.11. The quantitative estimate of drug-likeness (QED) is 0.916. The lowest BCUT2D eigenvalue weighted by atomic mass is 9.99. The van der Waals surface area contributed by atoms with Gasteiger partial charge in [-0.05, 0) is 31.9 Å². The van der Waals surface area contributed by atoms with Crippen LogP contribution in [0.5, 0.6) is 6.01 Å². The zero-order valence-electron chi connectivity index (χ0n) is 11.9. The Morgan fingerprint density at radius 1 is 1.00 bits per heavy atom. The van der Waals surface area contributed by atoms with Crippen molar-refractivity contribution < 1.29 is 4.74 Å². The minimum absolute atomic E-state index is 0.314. The fourth-order valence-electron chi connectivity index (χ4n) is 2.20. The Kier molecular flexibility index (Phi) is 3.64. The zero-order chi connectivity index (χ0) is 14.0. The van der Waals surface area contributed by atoms with Crippen LogP contribution < -0.4 is 10.1 Å². The van der Waals surface area contributed by atoms with Gasteiger partial charge in [0.15, 0.2) is 5.82 Å². The van der Waals surface area contributed by atoms with E-state index < -0.39 is 0 Å². The molecule has 0 amide bonds. The summed E-state index contributed by atoms with van der Waals surface area (Å²) in [7, 11) is 3.32. The number of aromatic nitrogens is 3.